The second-order valence-electron chi connectivity index (χ2n) is 4.74. The Bertz CT molecular complexity index is 477. The number of carbonyl (C=O) groups is 1. The topological polar surface area (TPSA) is 61.8 Å². The Hall–Kier alpha value is -1.46. The van der Waals surface area contributed by atoms with Crippen molar-refractivity contribution < 1.29 is 14.6 Å². The molecule has 0 aliphatic carbocycles. The molecule has 1 heterocycles. The van der Waals surface area contributed by atoms with Gasteiger partial charge in [-0.15, -0.1) is 0 Å². The van der Waals surface area contributed by atoms with Gasteiger partial charge in [0.1, 0.15) is 12.4 Å². The smallest absolute Gasteiger partial charge is 0.239 e. The number of carbonyl (C=O) groups excluding carboxylic acids is 1. The molecule has 0 aromatic heterocycles. The fourth-order valence-corrected chi connectivity index (χ4v) is 2.30. The van der Waals surface area contributed by atoms with Crippen molar-refractivity contribution in [3.63, 3.8) is 0 Å². The van der Waals surface area contributed by atoms with E-state index < -0.39 is 0 Å². The van der Waals surface area contributed by atoms with Crippen molar-refractivity contribution in [1.29, 1.82) is 0 Å². The summed E-state index contributed by atoms with van der Waals surface area (Å²) in [7, 11) is 0. The van der Waals surface area contributed by atoms with E-state index in [0.717, 1.165) is 11.4 Å². The number of hydrogen-bond acceptors (Lipinski definition) is 4. The maximum Gasteiger partial charge on any atom is 0.239 e. The van der Waals surface area contributed by atoms with Gasteiger partial charge in [0.15, 0.2) is 0 Å². The second-order valence-corrected chi connectivity index (χ2v) is 5.17. The number of fused-ring (bicyclic) bond motifs is 1. The van der Waals surface area contributed by atoms with Crippen LogP contribution in [-0.4, -0.2) is 43.4 Å². The molecule has 6 heteroatoms. The van der Waals surface area contributed by atoms with Crippen molar-refractivity contribution in [3.8, 4) is 5.75 Å². The quantitative estimate of drug-likeness (QED) is 0.863. The molecule has 0 bridgehead atoms. The summed E-state index contributed by atoms with van der Waals surface area (Å²) in [5, 5.41) is 12.5. The number of anilines is 1. The summed E-state index contributed by atoms with van der Waals surface area (Å²) in [6, 6.07) is 5.18. The van der Waals surface area contributed by atoms with Crippen LogP contribution in [0.25, 0.3) is 0 Å². The van der Waals surface area contributed by atoms with E-state index in [2.05, 4.69) is 5.32 Å². The molecule has 1 aromatic carbocycles. The molecule has 2 N–H and O–H groups in total. The number of nitrogens with one attached hydrogen (secondary N) is 1. The summed E-state index contributed by atoms with van der Waals surface area (Å²) in [4.78, 5) is 13.9. The van der Waals surface area contributed by atoms with Gasteiger partial charge in [-0.05, 0) is 24.6 Å². The zero-order chi connectivity index (χ0) is 14.5. The maximum atomic E-state index is 12.0. The third-order valence-corrected chi connectivity index (χ3v) is 3.53. The van der Waals surface area contributed by atoms with Crippen molar-refractivity contribution in [2.24, 2.45) is 0 Å². The molecule has 1 amide bonds. The molecular formula is C14H19ClN2O3. The van der Waals surface area contributed by atoms with E-state index in [1.165, 1.54) is 0 Å². The predicted molar refractivity (Wildman–Crippen MR) is 78.5 cm³/mol. The van der Waals surface area contributed by atoms with E-state index in [0.29, 0.717) is 24.6 Å². The normalized spacial score (nSPS) is 15.2. The molecule has 0 spiro atoms. The molecule has 0 radical (unpaired) electrons. The summed E-state index contributed by atoms with van der Waals surface area (Å²) in [6.45, 7) is 3.28. The van der Waals surface area contributed by atoms with E-state index in [4.69, 9.17) is 21.4 Å². The summed E-state index contributed by atoms with van der Waals surface area (Å²) in [6.07, 6.45) is 0.702. The van der Waals surface area contributed by atoms with E-state index >= 15 is 0 Å². The highest BCUT2D eigenvalue weighted by molar-refractivity contribution is 6.31. The third kappa shape index (κ3) is 3.55. The molecule has 5 nitrogen and oxygen atoms in total. The Kier molecular flexibility index (Phi) is 5.09. The zero-order valence-corrected chi connectivity index (χ0v) is 12.2. The first-order valence-electron chi connectivity index (χ1n) is 6.71. The third-order valence-electron chi connectivity index (χ3n) is 3.29. The summed E-state index contributed by atoms with van der Waals surface area (Å²) in [5.41, 5.74) is 0.830. The average Bonchev–Trinajstić information content (AvgIpc) is 2.45. The highest BCUT2D eigenvalue weighted by Gasteiger charge is 2.21. The van der Waals surface area contributed by atoms with Crippen molar-refractivity contribution in [3.05, 3.63) is 23.2 Å². The first kappa shape index (κ1) is 14.9. The van der Waals surface area contributed by atoms with Gasteiger partial charge in [-0.1, -0.05) is 18.5 Å². The highest BCUT2D eigenvalue weighted by Crippen LogP contribution is 2.33. The van der Waals surface area contributed by atoms with E-state index in [-0.39, 0.29) is 25.1 Å². The number of amides is 1. The minimum absolute atomic E-state index is 0.0479. The van der Waals surface area contributed by atoms with Gasteiger partial charge in [-0.2, -0.15) is 0 Å². The van der Waals surface area contributed by atoms with Gasteiger partial charge in [0.25, 0.3) is 0 Å². The largest absolute Gasteiger partial charge is 0.490 e. The van der Waals surface area contributed by atoms with Crippen molar-refractivity contribution in [1.82, 2.24) is 5.32 Å². The molecule has 1 aliphatic heterocycles. The molecule has 0 saturated heterocycles. The number of aliphatic hydroxyl groups excluding tert-OH is 1. The fraction of sp³-hybridized carbons (Fsp3) is 0.500. The Balaban J connectivity index is 2.04. The Morgan fingerprint density at radius 3 is 3.10 bits per heavy atom. The summed E-state index contributed by atoms with van der Waals surface area (Å²) in [5.74, 6) is 0.626. The molecule has 1 atom stereocenters. The van der Waals surface area contributed by atoms with E-state index in [9.17, 15) is 4.79 Å². The fourth-order valence-electron chi connectivity index (χ4n) is 2.13. The van der Waals surface area contributed by atoms with E-state index in [1.54, 1.807) is 12.1 Å². The molecule has 1 aliphatic rings. The Morgan fingerprint density at radius 2 is 2.40 bits per heavy atom. The van der Waals surface area contributed by atoms with Gasteiger partial charge in [0, 0.05) is 5.02 Å². The van der Waals surface area contributed by atoms with Crippen molar-refractivity contribution >= 4 is 23.2 Å². The van der Waals surface area contributed by atoms with Crippen LogP contribution in [-0.2, 0) is 4.79 Å². The van der Waals surface area contributed by atoms with Crippen LogP contribution < -0.4 is 15.0 Å². The molecule has 110 valence electrons. The summed E-state index contributed by atoms with van der Waals surface area (Å²) < 4.78 is 5.54. The van der Waals surface area contributed by atoms with Gasteiger partial charge < -0.3 is 20.1 Å². The molecule has 0 fully saturated rings. The van der Waals surface area contributed by atoms with Gasteiger partial charge in [-0.25, -0.2) is 0 Å². The maximum absolute atomic E-state index is 12.0. The monoisotopic (exact) mass is 298 g/mol. The number of hydrogen-bond donors (Lipinski definition) is 2. The van der Waals surface area contributed by atoms with Gasteiger partial charge in [0.05, 0.1) is 31.4 Å². The molecular weight excluding hydrogens is 280 g/mol. The number of halogens is 1. The minimum Gasteiger partial charge on any atom is -0.490 e. The molecule has 0 saturated carbocycles. The van der Waals surface area contributed by atoms with Crippen LogP contribution in [0.1, 0.15) is 13.3 Å². The van der Waals surface area contributed by atoms with Crippen LogP contribution >= 0.6 is 11.6 Å². The standard InChI is InChI=1S/C14H19ClN2O3/c1-2-11(9-18)16-14(19)8-17-5-6-20-13-4-3-10(15)7-12(13)17/h3-4,7,11,18H,2,5-6,8-9H2,1H3,(H,16,19). The van der Waals surface area contributed by atoms with Crippen LogP contribution in [0.3, 0.4) is 0 Å². The number of ether oxygens (including phenoxy) is 1. The van der Waals surface area contributed by atoms with Gasteiger partial charge in [-0.3, -0.25) is 4.79 Å². The van der Waals surface area contributed by atoms with E-state index in [1.807, 2.05) is 17.9 Å². The predicted octanol–water partition coefficient (Wildman–Crippen LogP) is 1.43. The lowest BCUT2D eigenvalue weighted by Gasteiger charge is -2.31. The first-order chi connectivity index (χ1) is 9.63. The lowest BCUT2D eigenvalue weighted by Crippen LogP contribution is -2.45. The van der Waals surface area contributed by atoms with Crippen LogP contribution in [0.2, 0.25) is 5.02 Å². The second kappa shape index (κ2) is 6.81. The van der Waals surface area contributed by atoms with Gasteiger partial charge in [0.2, 0.25) is 5.91 Å². The van der Waals surface area contributed by atoms with Crippen LogP contribution in [0.4, 0.5) is 5.69 Å². The van der Waals surface area contributed by atoms with Crippen LogP contribution in [0.15, 0.2) is 18.2 Å². The SMILES string of the molecule is CCC(CO)NC(=O)CN1CCOc2ccc(Cl)cc21. The average molecular weight is 299 g/mol. The Morgan fingerprint density at radius 1 is 1.60 bits per heavy atom. The van der Waals surface area contributed by atoms with Crippen LogP contribution in [0, 0.1) is 0 Å². The number of rotatable bonds is 5. The zero-order valence-electron chi connectivity index (χ0n) is 11.4. The molecule has 20 heavy (non-hydrogen) atoms. The van der Waals surface area contributed by atoms with Gasteiger partial charge >= 0.3 is 0 Å². The molecule has 1 aromatic rings. The highest BCUT2D eigenvalue weighted by atomic mass is 35.5. The summed E-state index contributed by atoms with van der Waals surface area (Å²) >= 11 is 5.99. The number of aliphatic hydroxyl groups is 1. The lowest BCUT2D eigenvalue weighted by molar-refractivity contribution is -0.120. The first-order valence-corrected chi connectivity index (χ1v) is 7.09. The lowest BCUT2D eigenvalue weighted by atomic mass is 10.2. The van der Waals surface area contributed by atoms with Crippen molar-refractivity contribution in [2.75, 3.05) is 31.2 Å². The Labute approximate surface area is 123 Å². The minimum atomic E-state index is -0.192. The number of nitrogens with zero attached hydrogens (tertiary/aromatic N) is 1. The van der Waals surface area contributed by atoms with Crippen LogP contribution in [0.5, 0.6) is 5.75 Å². The van der Waals surface area contributed by atoms with Crippen molar-refractivity contribution in [2.45, 2.75) is 19.4 Å². The number of benzene rings is 1. The molecule has 1 unspecified atom stereocenters. The molecule has 2 rings (SSSR count).